The Morgan fingerprint density at radius 1 is 1.29 bits per heavy atom. The predicted molar refractivity (Wildman–Crippen MR) is 80.5 cm³/mol. The number of thiocarbonyl (C=S) groups is 1. The summed E-state index contributed by atoms with van der Waals surface area (Å²) in [4.78, 5) is 0.449. The Morgan fingerprint density at radius 3 is 2.65 bits per heavy atom. The van der Waals surface area contributed by atoms with E-state index in [1.165, 1.54) is 32.1 Å². The fourth-order valence-corrected chi connectivity index (χ4v) is 2.84. The zero-order valence-corrected chi connectivity index (χ0v) is 12.1. The summed E-state index contributed by atoms with van der Waals surface area (Å²) >= 11 is 8.54. The minimum absolute atomic E-state index is 0.449. The summed E-state index contributed by atoms with van der Waals surface area (Å²) in [7, 11) is 0. The van der Waals surface area contributed by atoms with Crippen LogP contribution in [-0.4, -0.2) is 11.0 Å². The summed E-state index contributed by atoms with van der Waals surface area (Å²) in [5.74, 6) is 0. The first-order valence-corrected chi connectivity index (χ1v) is 7.23. The van der Waals surface area contributed by atoms with Gasteiger partial charge in [-0.05, 0) is 31.0 Å². The molecule has 1 saturated carbocycles. The van der Waals surface area contributed by atoms with E-state index in [1.807, 2.05) is 18.2 Å². The van der Waals surface area contributed by atoms with Crippen LogP contribution in [0.1, 0.15) is 37.7 Å². The van der Waals surface area contributed by atoms with Crippen LogP contribution in [0.3, 0.4) is 0 Å². The summed E-state index contributed by atoms with van der Waals surface area (Å²) in [5, 5.41) is 3.57. The van der Waals surface area contributed by atoms with Crippen molar-refractivity contribution in [1.82, 2.24) is 0 Å². The monoisotopic (exact) mass is 312 g/mol. The van der Waals surface area contributed by atoms with Crippen LogP contribution < -0.4 is 11.1 Å². The van der Waals surface area contributed by atoms with Crippen molar-refractivity contribution in [2.75, 3.05) is 5.32 Å². The molecule has 1 aromatic rings. The SMILES string of the molecule is NC(=S)c1cc(Br)ccc1NC1CCCCC1. The van der Waals surface area contributed by atoms with Crippen LogP contribution in [0.25, 0.3) is 0 Å². The maximum atomic E-state index is 5.76. The summed E-state index contributed by atoms with van der Waals surface area (Å²) in [5.41, 5.74) is 7.75. The van der Waals surface area contributed by atoms with Crippen molar-refractivity contribution in [1.29, 1.82) is 0 Å². The van der Waals surface area contributed by atoms with Crippen molar-refractivity contribution in [2.24, 2.45) is 5.73 Å². The fraction of sp³-hybridized carbons (Fsp3) is 0.462. The molecular formula is C13H17BrN2S. The average molecular weight is 313 g/mol. The van der Waals surface area contributed by atoms with Gasteiger partial charge in [0.2, 0.25) is 0 Å². The number of nitrogens with two attached hydrogens (primary N) is 1. The zero-order valence-electron chi connectivity index (χ0n) is 9.71. The Balaban J connectivity index is 2.16. The molecule has 0 spiro atoms. The largest absolute Gasteiger partial charge is 0.389 e. The van der Waals surface area contributed by atoms with Crippen LogP contribution in [-0.2, 0) is 0 Å². The Kier molecular flexibility index (Phi) is 4.40. The molecule has 0 saturated heterocycles. The predicted octanol–water partition coefficient (Wildman–Crippen LogP) is 3.83. The zero-order chi connectivity index (χ0) is 12.3. The molecule has 0 heterocycles. The smallest absolute Gasteiger partial charge is 0.106 e. The van der Waals surface area contributed by atoms with Gasteiger partial charge >= 0.3 is 0 Å². The highest BCUT2D eigenvalue weighted by Crippen LogP contribution is 2.26. The molecule has 0 bridgehead atoms. The van der Waals surface area contributed by atoms with Gasteiger partial charge in [0.15, 0.2) is 0 Å². The van der Waals surface area contributed by atoms with Crippen LogP contribution in [0, 0.1) is 0 Å². The second-order valence-electron chi connectivity index (χ2n) is 4.53. The highest BCUT2D eigenvalue weighted by molar-refractivity contribution is 9.10. The molecule has 2 rings (SSSR count). The van der Waals surface area contributed by atoms with Gasteiger partial charge in [-0.3, -0.25) is 0 Å². The van der Waals surface area contributed by atoms with Gasteiger partial charge in [0.25, 0.3) is 0 Å². The molecule has 0 unspecified atom stereocenters. The summed E-state index contributed by atoms with van der Waals surface area (Å²) < 4.78 is 1.01. The normalized spacial score (nSPS) is 16.8. The Morgan fingerprint density at radius 2 is 2.00 bits per heavy atom. The lowest BCUT2D eigenvalue weighted by atomic mass is 9.95. The van der Waals surface area contributed by atoms with Crippen molar-refractivity contribution in [3.63, 3.8) is 0 Å². The lowest BCUT2D eigenvalue weighted by Crippen LogP contribution is -2.24. The molecule has 3 N–H and O–H groups in total. The number of anilines is 1. The second-order valence-corrected chi connectivity index (χ2v) is 5.89. The molecule has 0 aliphatic heterocycles. The third kappa shape index (κ3) is 3.42. The van der Waals surface area contributed by atoms with E-state index in [0.29, 0.717) is 11.0 Å². The van der Waals surface area contributed by atoms with Crippen molar-refractivity contribution >= 4 is 38.8 Å². The molecule has 1 aliphatic rings. The molecule has 2 nitrogen and oxygen atoms in total. The Bertz CT molecular complexity index is 414. The standard InChI is InChI=1S/C13H17BrN2S/c14-9-6-7-12(11(8-9)13(15)17)16-10-4-2-1-3-5-10/h6-8,10,16H,1-5H2,(H2,15,17). The third-order valence-corrected chi connectivity index (χ3v) is 3.93. The van der Waals surface area contributed by atoms with Gasteiger partial charge in [-0.15, -0.1) is 0 Å². The quantitative estimate of drug-likeness (QED) is 0.833. The Labute approximate surface area is 116 Å². The molecular weight excluding hydrogens is 296 g/mol. The molecule has 1 aromatic carbocycles. The lowest BCUT2D eigenvalue weighted by Gasteiger charge is -2.25. The number of hydrogen-bond donors (Lipinski definition) is 2. The first-order valence-electron chi connectivity index (χ1n) is 6.02. The molecule has 1 aliphatic carbocycles. The highest BCUT2D eigenvalue weighted by atomic mass is 79.9. The van der Waals surface area contributed by atoms with E-state index >= 15 is 0 Å². The van der Waals surface area contributed by atoms with Crippen molar-refractivity contribution in [3.05, 3.63) is 28.2 Å². The maximum Gasteiger partial charge on any atom is 0.106 e. The minimum Gasteiger partial charge on any atom is -0.389 e. The molecule has 4 heteroatoms. The van der Waals surface area contributed by atoms with E-state index in [4.69, 9.17) is 18.0 Å². The molecule has 0 radical (unpaired) electrons. The lowest BCUT2D eigenvalue weighted by molar-refractivity contribution is 0.462. The first-order chi connectivity index (χ1) is 8.16. The van der Waals surface area contributed by atoms with E-state index in [2.05, 4.69) is 21.2 Å². The summed E-state index contributed by atoms with van der Waals surface area (Å²) in [6, 6.07) is 6.62. The summed E-state index contributed by atoms with van der Waals surface area (Å²) in [6.07, 6.45) is 6.48. The van der Waals surface area contributed by atoms with Crippen LogP contribution in [0.5, 0.6) is 0 Å². The van der Waals surface area contributed by atoms with E-state index < -0.39 is 0 Å². The first kappa shape index (κ1) is 12.8. The van der Waals surface area contributed by atoms with Crippen molar-refractivity contribution in [3.8, 4) is 0 Å². The third-order valence-electron chi connectivity index (χ3n) is 3.21. The van der Waals surface area contributed by atoms with Gasteiger partial charge < -0.3 is 11.1 Å². The van der Waals surface area contributed by atoms with E-state index in [1.54, 1.807) is 0 Å². The van der Waals surface area contributed by atoms with Gasteiger partial charge in [-0.2, -0.15) is 0 Å². The average Bonchev–Trinajstić information content (AvgIpc) is 2.32. The van der Waals surface area contributed by atoms with Crippen LogP contribution in [0.15, 0.2) is 22.7 Å². The fourth-order valence-electron chi connectivity index (χ4n) is 2.31. The van der Waals surface area contributed by atoms with Crippen LogP contribution >= 0.6 is 28.1 Å². The van der Waals surface area contributed by atoms with E-state index in [9.17, 15) is 0 Å². The van der Waals surface area contributed by atoms with Gasteiger partial charge in [-0.25, -0.2) is 0 Å². The van der Waals surface area contributed by atoms with Crippen molar-refractivity contribution in [2.45, 2.75) is 38.1 Å². The number of halogens is 1. The number of rotatable bonds is 3. The van der Waals surface area contributed by atoms with Gasteiger partial charge in [0.1, 0.15) is 4.99 Å². The number of nitrogens with one attached hydrogen (secondary N) is 1. The van der Waals surface area contributed by atoms with E-state index in [0.717, 1.165) is 15.7 Å². The molecule has 0 aromatic heterocycles. The van der Waals surface area contributed by atoms with Gasteiger partial charge in [0.05, 0.1) is 0 Å². The van der Waals surface area contributed by atoms with Crippen molar-refractivity contribution < 1.29 is 0 Å². The summed E-state index contributed by atoms with van der Waals surface area (Å²) in [6.45, 7) is 0. The van der Waals surface area contributed by atoms with Crippen LogP contribution in [0.4, 0.5) is 5.69 Å². The Hall–Kier alpha value is -0.610. The minimum atomic E-state index is 0.449. The second kappa shape index (κ2) is 5.83. The molecule has 17 heavy (non-hydrogen) atoms. The molecule has 0 atom stereocenters. The molecule has 0 amide bonds. The van der Waals surface area contributed by atoms with Gasteiger partial charge in [0, 0.05) is 21.8 Å². The number of benzene rings is 1. The van der Waals surface area contributed by atoms with Crippen LogP contribution in [0.2, 0.25) is 0 Å². The van der Waals surface area contributed by atoms with Gasteiger partial charge in [-0.1, -0.05) is 47.4 Å². The molecule has 1 fully saturated rings. The topological polar surface area (TPSA) is 38.0 Å². The highest BCUT2D eigenvalue weighted by Gasteiger charge is 2.15. The number of hydrogen-bond acceptors (Lipinski definition) is 2. The van der Waals surface area contributed by atoms with E-state index in [-0.39, 0.29) is 0 Å². The maximum absolute atomic E-state index is 5.76. The molecule has 92 valence electrons.